The molecule has 0 radical (unpaired) electrons. The summed E-state index contributed by atoms with van der Waals surface area (Å²) in [7, 11) is 1.75. The maximum Gasteiger partial charge on any atom is 0.299 e. The summed E-state index contributed by atoms with van der Waals surface area (Å²) in [6, 6.07) is 10.1. The fourth-order valence-electron chi connectivity index (χ4n) is 1.67. The lowest BCUT2D eigenvalue weighted by Gasteiger charge is -1.98. The van der Waals surface area contributed by atoms with Crippen molar-refractivity contribution in [3.05, 3.63) is 47.2 Å². The molecule has 2 aromatic rings. The topological polar surface area (TPSA) is 44.1 Å². The average molecular weight is 230 g/mol. The third kappa shape index (κ3) is 2.72. The zero-order valence-electron chi connectivity index (χ0n) is 9.88. The van der Waals surface area contributed by atoms with E-state index in [4.69, 9.17) is 4.74 Å². The van der Waals surface area contributed by atoms with E-state index in [9.17, 15) is 4.79 Å². The zero-order chi connectivity index (χ0) is 12.3. The van der Waals surface area contributed by atoms with Crippen LogP contribution < -0.4 is 4.74 Å². The smallest absolute Gasteiger partial charge is 0.299 e. The van der Waals surface area contributed by atoms with Gasteiger partial charge in [-0.1, -0.05) is 29.8 Å². The number of aromatic nitrogens is 2. The second-order valence-electron chi connectivity index (χ2n) is 3.97. The Morgan fingerprint density at radius 1 is 1.35 bits per heavy atom. The molecule has 0 saturated heterocycles. The molecule has 0 spiro atoms. The van der Waals surface area contributed by atoms with Crippen molar-refractivity contribution in [2.45, 2.75) is 13.3 Å². The van der Waals surface area contributed by atoms with Crippen molar-refractivity contribution in [1.82, 2.24) is 9.78 Å². The Kier molecular flexibility index (Phi) is 3.23. The van der Waals surface area contributed by atoms with Gasteiger partial charge in [0.05, 0.1) is 5.69 Å². The maximum absolute atomic E-state index is 10.3. The predicted molar refractivity (Wildman–Crippen MR) is 63.9 cm³/mol. The van der Waals surface area contributed by atoms with Gasteiger partial charge in [-0.15, -0.1) is 0 Å². The molecule has 88 valence electrons. The molecular weight excluding hydrogens is 216 g/mol. The molecule has 0 fully saturated rings. The van der Waals surface area contributed by atoms with Crippen molar-refractivity contribution in [3.8, 4) is 5.88 Å². The zero-order valence-corrected chi connectivity index (χ0v) is 9.88. The summed E-state index contributed by atoms with van der Waals surface area (Å²) in [5.41, 5.74) is 3.30. The number of rotatable bonds is 4. The number of hydrogen-bond acceptors (Lipinski definition) is 3. The number of aryl methyl sites for hydroxylation is 2. The number of nitrogens with zero attached hydrogens (tertiary/aromatic N) is 2. The summed E-state index contributed by atoms with van der Waals surface area (Å²) in [5.74, 6) is 0.460. The Hall–Kier alpha value is -2.10. The summed E-state index contributed by atoms with van der Waals surface area (Å²) < 4.78 is 6.35. The van der Waals surface area contributed by atoms with E-state index in [-0.39, 0.29) is 0 Å². The van der Waals surface area contributed by atoms with Crippen LogP contribution in [0.4, 0.5) is 0 Å². The lowest BCUT2D eigenvalue weighted by atomic mass is 10.1. The predicted octanol–water partition coefficient (Wildman–Crippen LogP) is 1.85. The van der Waals surface area contributed by atoms with E-state index in [0.717, 1.165) is 12.1 Å². The van der Waals surface area contributed by atoms with Crippen molar-refractivity contribution >= 4 is 6.47 Å². The van der Waals surface area contributed by atoms with Gasteiger partial charge in [-0.05, 0) is 12.5 Å². The highest BCUT2D eigenvalue weighted by Crippen LogP contribution is 2.15. The molecule has 0 aliphatic rings. The summed E-state index contributed by atoms with van der Waals surface area (Å²) in [5, 5.41) is 4.28. The minimum absolute atomic E-state index is 0.409. The highest BCUT2D eigenvalue weighted by Gasteiger charge is 2.06. The summed E-state index contributed by atoms with van der Waals surface area (Å²) in [6.07, 6.45) is 0.732. The molecule has 0 aliphatic heterocycles. The molecule has 0 aliphatic carbocycles. The molecule has 2 rings (SSSR count). The normalized spacial score (nSPS) is 10.2. The van der Waals surface area contributed by atoms with Gasteiger partial charge in [0.1, 0.15) is 0 Å². The highest BCUT2D eigenvalue weighted by atomic mass is 16.5. The third-order valence-electron chi connectivity index (χ3n) is 2.56. The van der Waals surface area contributed by atoms with Crippen molar-refractivity contribution in [1.29, 1.82) is 0 Å². The first-order valence-electron chi connectivity index (χ1n) is 5.38. The van der Waals surface area contributed by atoms with Gasteiger partial charge in [0.15, 0.2) is 0 Å². The van der Waals surface area contributed by atoms with E-state index < -0.39 is 0 Å². The second-order valence-corrected chi connectivity index (χ2v) is 3.97. The SMILES string of the molecule is Cc1ccc(Cc2cc(OC=O)n(C)n2)cc1. The molecule has 0 N–H and O–H groups in total. The van der Waals surface area contributed by atoms with E-state index in [0.29, 0.717) is 12.4 Å². The molecule has 0 saturated carbocycles. The Bertz CT molecular complexity index is 515. The number of ether oxygens (including phenoxy) is 1. The van der Waals surface area contributed by atoms with Crippen LogP contribution in [-0.2, 0) is 18.3 Å². The number of carbonyl (C=O) groups is 1. The van der Waals surface area contributed by atoms with Crippen molar-refractivity contribution in [2.75, 3.05) is 0 Å². The fourth-order valence-corrected chi connectivity index (χ4v) is 1.67. The van der Waals surface area contributed by atoms with Crippen LogP contribution in [0.1, 0.15) is 16.8 Å². The van der Waals surface area contributed by atoms with Crippen LogP contribution in [0, 0.1) is 6.92 Å². The maximum atomic E-state index is 10.3. The lowest BCUT2D eigenvalue weighted by molar-refractivity contribution is -0.121. The van der Waals surface area contributed by atoms with Gasteiger partial charge in [-0.25, -0.2) is 4.68 Å². The van der Waals surface area contributed by atoms with Crippen LogP contribution in [0.2, 0.25) is 0 Å². The number of benzene rings is 1. The van der Waals surface area contributed by atoms with Crippen LogP contribution in [0.5, 0.6) is 5.88 Å². The van der Waals surface area contributed by atoms with Crippen molar-refractivity contribution in [2.24, 2.45) is 7.05 Å². The average Bonchev–Trinajstić information content (AvgIpc) is 2.63. The molecule has 17 heavy (non-hydrogen) atoms. The van der Waals surface area contributed by atoms with E-state index in [1.54, 1.807) is 17.8 Å². The molecule has 4 nitrogen and oxygen atoms in total. The van der Waals surface area contributed by atoms with Crippen LogP contribution in [0.25, 0.3) is 0 Å². The van der Waals surface area contributed by atoms with E-state index >= 15 is 0 Å². The van der Waals surface area contributed by atoms with Crippen molar-refractivity contribution < 1.29 is 9.53 Å². The first-order valence-corrected chi connectivity index (χ1v) is 5.38. The highest BCUT2D eigenvalue weighted by molar-refractivity contribution is 5.43. The van der Waals surface area contributed by atoms with Gasteiger partial charge in [-0.2, -0.15) is 5.10 Å². The molecular formula is C13H14N2O2. The minimum Gasteiger partial charge on any atom is -0.410 e. The van der Waals surface area contributed by atoms with Crippen LogP contribution in [0.3, 0.4) is 0 Å². The van der Waals surface area contributed by atoms with Crippen LogP contribution >= 0.6 is 0 Å². The Morgan fingerprint density at radius 3 is 2.71 bits per heavy atom. The van der Waals surface area contributed by atoms with Crippen LogP contribution in [0.15, 0.2) is 30.3 Å². The largest absolute Gasteiger partial charge is 0.410 e. The lowest BCUT2D eigenvalue weighted by Crippen LogP contribution is -1.97. The first kappa shape index (κ1) is 11.4. The summed E-state index contributed by atoms with van der Waals surface area (Å²) >= 11 is 0. The minimum atomic E-state index is 0.409. The quantitative estimate of drug-likeness (QED) is 0.753. The number of carbonyl (C=O) groups excluding carboxylic acids is 1. The first-order chi connectivity index (χ1) is 8.19. The molecule has 0 unspecified atom stereocenters. The molecule has 0 amide bonds. The Morgan fingerprint density at radius 2 is 2.06 bits per heavy atom. The second kappa shape index (κ2) is 4.82. The van der Waals surface area contributed by atoms with Gasteiger partial charge >= 0.3 is 0 Å². The molecule has 1 heterocycles. The fraction of sp³-hybridized carbons (Fsp3) is 0.231. The van der Waals surface area contributed by atoms with E-state index in [2.05, 4.69) is 36.3 Å². The number of hydrogen-bond donors (Lipinski definition) is 0. The standard InChI is InChI=1S/C13H14N2O2/c1-10-3-5-11(6-4-10)7-12-8-13(17-9-16)15(2)14-12/h3-6,8-9H,7H2,1-2H3. The molecule has 4 heteroatoms. The van der Waals surface area contributed by atoms with Gasteiger partial charge in [0.25, 0.3) is 6.47 Å². The monoisotopic (exact) mass is 230 g/mol. The van der Waals surface area contributed by atoms with E-state index in [1.807, 2.05) is 0 Å². The van der Waals surface area contributed by atoms with Gasteiger partial charge in [0, 0.05) is 19.5 Å². The third-order valence-corrected chi connectivity index (χ3v) is 2.56. The van der Waals surface area contributed by atoms with Gasteiger partial charge in [-0.3, -0.25) is 4.79 Å². The van der Waals surface area contributed by atoms with Crippen LogP contribution in [-0.4, -0.2) is 16.3 Å². The molecule has 0 atom stereocenters. The van der Waals surface area contributed by atoms with Gasteiger partial charge < -0.3 is 4.74 Å². The van der Waals surface area contributed by atoms with Gasteiger partial charge in [0.2, 0.25) is 5.88 Å². The Balaban J connectivity index is 2.15. The molecule has 1 aromatic heterocycles. The molecule has 0 bridgehead atoms. The summed E-state index contributed by atoms with van der Waals surface area (Å²) in [4.78, 5) is 10.3. The van der Waals surface area contributed by atoms with Crippen molar-refractivity contribution in [3.63, 3.8) is 0 Å². The Labute approximate surface area is 99.8 Å². The van der Waals surface area contributed by atoms with E-state index in [1.165, 1.54) is 11.1 Å². The summed E-state index contributed by atoms with van der Waals surface area (Å²) in [6.45, 7) is 2.47. The molecule has 1 aromatic carbocycles.